The summed E-state index contributed by atoms with van der Waals surface area (Å²) in [5, 5.41) is 2.67. The summed E-state index contributed by atoms with van der Waals surface area (Å²) < 4.78 is 18.2. The number of hydrogen-bond acceptors (Lipinski definition) is 4. The van der Waals surface area contributed by atoms with Crippen molar-refractivity contribution in [3.8, 4) is 17.3 Å². The van der Waals surface area contributed by atoms with Crippen molar-refractivity contribution in [3.05, 3.63) is 99.3 Å². The van der Waals surface area contributed by atoms with E-state index in [1.807, 2.05) is 36.4 Å². The fourth-order valence-corrected chi connectivity index (χ4v) is 3.73. The smallest absolute Gasteiger partial charge is 0.235 e. The average molecular weight is 447 g/mol. The van der Waals surface area contributed by atoms with Crippen LogP contribution in [-0.4, -0.2) is 0 Å². The van der Waals surface area contributed by atoms with Crippen LogP contribution < -0.4 is 10.2 Å². The molecule has 0 fully saturated rings. The molecule has 0 saturated heterocycles. The number of benzene rings is 3. The first-order valence-corrected chi connectivity index (χ1v) is 9.91. The molecule has 2 heterocycles. The highest BCUT2D eigenvalue weighted by atomic mass is 79.9. The van der Waals surface area contributed by atoms with Gasteiger partial charge in [0.1, 0.15) is 12.2 Å². The summed E-state index contributed by atoms with van der Waals surface area (Å²) >= 11 is 3.30. The van der Waals surface area contributed by atoms with E-state index < -0.39 is 0 Å². The maximum atomic E-state index is 13.2. The van der Waals surface area contributed by atoms with Gasteiger partial charge in [0, 0.05) is 0 Å². The standard InChI is InChI=1S/C24H15BrO4/c25-21-13-12-20(28-21)23-24(22(26)18-10-3-4-11-19(18)29-23)27-14-16-8-5-7-15-6-1-2-9-17(15)16/h1-13H,14H2. The minimum atomic E-state index is -0.227. The molecule has 4 nitrogen and oxygen atoms in total. The Morgan fingerprint density at radius 3 is 2.38 bits per heavy atom. The Kier molecular flexibility index (Phi) is 4.45. The molecule has 5 heteroatoms. The van der Waals surface area contributed by atoms with Crippen molar-refractivity contribution >= 4 is 37.7 Å². The van der Waals surface area contributed by atoms with Gasteiger partial charge < -0.3 is 13.6 Å². The first-order chi connectivity index (χ1) is 14.2. The first-order valence-electron chi connectivity index (χ1n) is 9.12. The Bertz CT molecular complexity index is 1390. The summed E-state index contributed by atoms with van der Waals surface area (Å²) in [5.41, 5.74) is 1.24. The molecule has 0 bridgehead atoms. The number of hydrogen-bond donors (Lipinski definition) is 0. The van der Waals surface area contributed by atoms with Crippen LogP contribution in [0.5, 0.6) is 5.75 Å². The third-order valence-corrected chi connectivity index (χ3v) is 5.23. The maximum Gasteiger partial charge on any atom is 0.235 e. The zero-order chi connectivity index (χ0) is 19.8. The molecule has 5 aromatic rings. The van der Waals surface area contributed by atoms with Crippen LogP contribution in [0.1, 0.15) is 5.56 Å². The van der Waals surface area contributed by atoms with Crippen LogP contribution in [0.4, 0.5) is 0 Å². The zero-order valence-corrected chi connectivity index (χ0v) is 16.8. The molecule has 0 unspecified atom stereocenters. The third kappa shape index (κ3) is 3.23. The largest absolute Gasteiger partial charge is 0.481 e. The van der Waals surface area contributed by atoms with Gasteiger partial charge in [0.2, 0.25) is 16.9 Å². The lowest BCUT2D eigenvalue weighted by Gasteiger charge is -2.12. The van der Waals surface area contributed by atoms with Crippen LogP contribution >= 0.6 is 15.9 Å². The van der Waals surface area contributed by atoms with Gasteiger partial charge in [-0.05, 0) is 56.5 Å². The van der Waals surface area contributed by atoms with Crippen molar-refractivity contribution in [2.45, 2.75) is 6.61 Å². The molecule has 3 aromatic carbocycles. The van der Waals surface area contributed by atoms with Crippen molar-refractivity contribution in [2.75, 3.05) is 0 Å². The summed E-state index contributed by atoms with van der Waals surface area (Å²) in [6.07, 6.45) is 0. The Hall–Kier alpha value is -3.31. The predicted molar refractivity (Wildman–Crippen MR) is 116 cm³/mol. The van der Waals surface area contributed by atoms with Gasteiger partial charge in [-0.1, -0.05) is 54.6 Å². The molecule has 0 saturated carbocycles. The Morgan fingerprint density at radius 2 is 1.55 bits per heavy atom. The number of halogens is 1. The van der Waals surface area contributed by atoms with Gasteiger partial charge in [0.15, 0.2) is 10.4 Å². The number of para-hydroxylation sites is 1. The Labute approximate surface area is 174 Å². The SMILES string of the molecule is O=c1c(OCc2cccc3ccccc23)c(-c2ccc(Br)o2)oc2ccccc12. The molecule has 29 heavy (non-hydrogen) atoms. The highest BCUT2D eigenvalue weighted by Gasteiger charge is 2.20. The fourth-order valence-electron chi connectivity index (χ4n) is 3.42. The number of furan rings is 1. The van der Waals surface area contributed by atoms with E-state index >= 15 is 0 Å². The lowest BCUT2D eigenvalue weighted by molar-refractivity contribution is 0.297. The molecule has 0 amide bonds. The summed E-state index contributed by atoms with van der Waals surface area (Å²) in [7, 11) is 0. The van der Waals surface area contributed by atoms with E-state index in [4.69, 9.17) is 13.6 Å². The first kappa shape index (κ1) is 17.8. The van der Waals surface area contributed by atoms with Gasteiger partial charge >= 0.3 is 0 Å². The van der Waals surface area contributed by atoms with Crippen LogP contribution in [-0.2, 0) is 6.61 Å². The van der Waals surface area contributed by atoms with Crippen molar-refractivity contribution in [2.24, 2.45) is 0 Å². The van der Waals surface area contributed by atoms with E-state index in [1.54, 1.807) is 30.3 Å². The van der Waals surface area contributed by atoms with Gasteiger partial charge in [-0.3, -0.25) is 4.79 Å². The van der Waals surface area contributed by atoms with Gasteiger partial charge in [-0.15, -0.1) is 0 Å². The highest BCUT2D eigenvalue weighted by Crippen LogP contribution is 2.34. The lowest BCUT2D eigenvalue weighted by Crippen LogP contribution is -2.10. The monoisotopic (exact) mass is 446 g/mol. The minimum Gasteiger partial charge on any atom is -0.481 e. The van der Waals surface area contributed by atoms with Crippen LogP contribution in [0.2, 0.25) is 0 Å². The van der Waals surface area contributed by atoms with E-state index in [0.717, 1.165) is 16.3 Å². The Morgan fingerprint density at radius 1 is 0.793 bits per heavy atom. The van der Waals surface area contributed by atoms with E-state index in [-0.39, 0.29) is 23.5 Å². The van der Waals surface area contributed by atoms with E-state index in [1.165, 1.54) is 0 Å². The summed E-state index contributed by atoms with van der Waals surface area (Å²) in [4.78, 5) is 13.2. The lowest BCUT2D eigenvalue weighted by atomic mass is 10.1. The van der Waals surface area contributed by atoms with Crippen LogP contribution in [0, 0.1) is 0 Å². The number of fused-ring (bicyclic) bond motifs is 2. The van der Waals surface area contributed by atoms with Crippen molar-refractivity contribution in [3.63, 3.8) is 0 Å². The molecular formula is C24H15BrO4. The van der Waals surface area contributed by atoms with Gasteiger partial charge in [0.25, 0.3) is 0 Å². The van der Waals surface area contributed by atoms with Gasteiger partial charge in [0.05, 0.1) is 5.39 Å². The van der Waals surface area contributed by atoms with Crippen LogP contribution in [0.3, 0.4) is 0 Å². The van der Waals surface area contributed by atoms with E-state index in [9.17, 15) is 4.79 Å². The van der Waals surface area contributed by atoms with E-state index in [2.05, 4.69) is 28.1 Å². The molecule has 0 atom stereocenters. The van der Waals surface area contributed by atoms with Crippen molar-refractivity contribution < 1.29 is 13.6 Å². The number of rotatable bonds is 4. The minimum absolute atomic E-state index is 0.137. The van der Waals surface area contributed by atoms with Crippen molar-refractivity contribution in [1.82, 2.24) is 0 Å². The molecule has 0 aliphatic carbocycles. The Balaban J connectivity index is 1.63. The van der Waals surface area contributed by atoms with Gasteiger partial charge in [-0.2, -0.15) is 0 Å². The summed E-state index contributed by atoms with van der Waals surface area (Å²) in [6, 6.07) is 24.7. The molecule has 0 N–H and O–H groups in total. The molecule has 0 aliphatic heterocycles. The zero-order valence-electron chi connectivity index (χ0n) is 15.2. The topological polar surface area (TPSA) is 52.6 Å². The molecular weight excluding hydrogens is 432 g/mol. The molecule has 0 radical (unpaired) electrons. The number of ether oxygens (including phenoxy) is 1. The molecule has 5 rings (SSSR count). The average Bonchev–Trinajstić information content (AvgIpc) is 3.19. The molecule has 142 valence electrons. The van der Waals surface area contributed by atoms with Crippen LogP contribution in [0.15, 0.2) is 97.2 Å². The molecule has 0 aliphatic rings. The fraction of sp³-hybridized carbons (Fsp3) is 0.0417. The van der Waals surface area contributed by atoms with Crippen molar-refractivity contribution in [1.29, 1.82) is 0 Å². The van der Waals surface area contributed by atoms with Gasteiger partial charge in [-0.25, -0.2) is 0 Å². The molecule has 2 aromatic heterocycles. The summed E-state index contributed by atoms with van der Waals surface area (Å²) in [5.74, 6) is 0.839. The molecule has 0 spiro atoms. The second-order valence-electron chi connectivity index (χ2n) is 6.62. The normalized spacial score (nSPS) is 11.2. The predicted octanol–water partition coefficient (Wildman–Crippen LogP) is 6.55. The van der Waals surface area contributed by atoms with Crippen LogP contribution in [0.25, 0.3) is 33.3 Å². The maximum absolute atomic E-state index is 13.2. The third-order valence-electron chi connectivity index (χ3n) is 4.81. The second-order valence-corrected chi connectivity index (χ2v) is 7.40. The second kappa shape index (κ2) is 7.26. The van der Waals surface area contributed by atoms with E-state index in [0.29, 0.717) is 21.4 Å². The quantitative estimate of drug-likeness (QED) is 0.314. The summed E-state index contributed by atoms with van der Waals surface area (Å²) in [6.45, 7) is 0.235. The highest BCUT2D eigenvalue weighted by molar-refractivity contribution is 9.10.